The van der Waals surface area contributed by atoms with Crippen LogP contribution in [0.3, 0.4) is 0 Å². The molecule has 0 saturated carbocycles. The van der Waals surface area contributed by atoms with Gasteiger partial charge in [0.05, 0.1) is 17.6 Å². The van der Waals surface area contributed by atoms with Gasteiger partial charge in [0.15, 0.2) is 0 Å². The largest absolute Gasteiger partial charge is 0.376 e. The van der Waals surface area contributed by atoms with Gasteiger partial charge in [-0.1, -0.05) is 12.2 Å². The first-order chi connectivity index (χ1) is 9.24. The molecule has 3 nitrogen and oxygen atoms in total. The topological polar surface area (TPSA) is 29.0 Å². The maximum absolute atomic E-state index is 4.57. The molecule has 3 rings (SSSR count). The third-order valence-corrected chi connectivity index (χ3v) is 3.44. The van der Waals surface area contributed by atoms with Crippen LogP contribution in [0.15, 0.2) is 36.8 Å². The Morgan fingerprint density at radius 3 is 2.89 bits per heavy atom. The average Bonchev–Trinajstić information content (AvgIpc) is 2.47. The second kappa shape index (κ2) is 4.84. The van der Waals surface area contributed by atoms with Gasteiger partial charge in [0, 0.05) is 33.5 Å². The molecule has 0 aromatic carbocycles. The van der Waals surface area contributed by atoms with Crippen molar-refractivity contribution >= 4 is 11.8 Å². The summed E-state index contributed by atoms with van der Waals surface area (Å²) in [6, 6.07) is 4.27. The zero-order valence-electron chi connectivity index (χ0n) is 11.3. The molecule has 1 aliphatic rings. The normalized spacial score (nSPS) is 13.2. The van der Waals surface area contributed by atoms with Gasteiger partial charge in [-0.15, -0.1) is 0 Å². The van der Waals surface area contributed by atoms with Gasteiger partial charge < -0.3 is 4.90 Å². The van der Waals surface area contributed by atoms with Gasteiger partial charge in [0.1, 0.15) is 0 Å². The van der Waals surface area contributed by atoms with Crippen LogP contribution in [0.25, 0.3) is 17.3 Å². The highest BCUT2D eigenvalue weighted by Gasteiger charge is 2.08. The van der Waals surface area contributed by atoms with E-state index in [1.165, 1.54) is 11.1 Å². The lowest BCUT2D eigenvalue weighted by Gasteiger charge is -2.14. The van der Waals surface area contributed by atoms with Crippen LogP contribution in [0, 0.1) is 0 Å². The van der Waals surface area contributed by atoms with Crippen molar-refractivity contribution < 1.29 is 1.43 Å². The van der Waals surface area contributed by atoms with Crippen molar-refractivity contribution in [1.82, 2.24) is 9.97 Å². The highest BCUT2D eigenvalue weighted by Crippen LogP contribution is 2.25. The Balaban J connectivity index is 0.00000147. The number of hydrogen-bond acceptors (Lipinski definition) is 3. The van der Waals surface area contributed by atoms with Gasteiger partial charge in [-0.05, 0) is 36.1 Å². The third-order valence-electron chi connectivity index (χ3n) is 3.44. The van der Waals surface area contributed by atoms with Crippen molar-refractivity contribution in [2.24, 2.45) is 0 Å². The fraction of sp³-hybridized carbons (Fsp3) is 0.250. The lowest BCUT2D eigenvalue weighted by molar-refractivity contribution is 0.971. The number of fused-ring (bicyclic) bond motifs is 1. The van der Waals surface area contributed by atoms with E-state index >= 15 is 0 Å². The molecule has 0 saturated heterocycles. The standard InChI is InChI=1S/C16H17N3.H2/c1-19(2)15-7-14(9-17-11-15)16-8-12-5-3-4-6-13(12)10-18-16;/h3,5,7-11H,4,6H2,1-2H3;1H. The van der Waals surface area contributed by atoms with Crippen molar-refractivity contribution in [1.29, 1.82) is 0 Å². The Kier molecular flexibility index (Phi) is 3.03. The minimum atomic E-state index is 0. The fourth-order valence-corrected chi connectivity index (χ4v) is 2.28. The summed E-state index contributed by atoms with van der Waals surface area (Å²) in [5.41, 5.74) is 5.76. The first kappa shape index (κ1) is 11.9. The van der Waals surface area contributed by atoms with Gasteiger partial charge >= 0.3 is 0 Å². The molecule has 19 heavy (non-hydrogen) atoms. The van der Waals surface area contributed by atoms with E-state index in [1.54, 1.807) is 0 Å². The second-order valence-corrected chi connectivity index (χ2v) is 5.04. The molecule has 3 heteroatoms. The highest BCUT2D eigenvalue weighted by molar-refractivity contribution is 5.68. The number of aromatic nitrogens is 2. The molecule has 1 aliphatic carbocycles. The zero-order chi connectivity index (χ0) is 13.2. The zero-order valence-corrected chi connectivity index (χ0v) is 11.3. The number of aryl methyl sites for hydroxylation is 1. The summed E-state index contributed by atoms with van der Waals surface area (Å²) in [6.07, 6.45) is 12.3. The first-order valence-corrected chi connectivity index (χ1v) is 6.52. The fourth-order valence-electron chi connectivity index (χ4n) is 2.28. The van der Waals surface area contributed by atoms with Crippen LogP contribution in [0.5, 0.6) is 0 Å². The summed E-state index contributed by atoms with van der Waals surface area (Å²) in [5.74, 6) is 0. The molecular formula is C16H19N3. The van der Waals surface area contributed by atoms with E-state index in [4.69, 9.17) is 0 Å². The van der Waals surface area contributed by atoms with E-state index in [9.17, 15) is 0 Å². The van der Waals surface area contributed by atoms with E-state index in [1.807, 2.05) is 32.7 Å². The van der Waals surface area contributed by atoms with Crippen LogP contribution in [-0.4, -0.2) is 24.1 Å². The van der Waals surface area contributed by atoms with E-state index in [-0.39, 0.29) is 1.43 Å². The smallest absolute Gasteiger partial charge is 0.0724 e. The molecule has 2 aromatic heterocycles. The molecule has 0 radical (unpaired) electrons. The predicted octanol–water partition coefficient (Wildman–Crippen LogP) is 3.42. The predicted molar refractivity (Wildman–Crippen MR) is 81.3 cm³/mol. The number of allylic oxidation sites excluding steroid dienone is 1. The van der Waals surface area contributed by atoms with Crippen LogP contribution in [0.4, 0.5) is 5.69 Å². The van der Waals surface area contributed by atoms with Gasteiger partial charge in [0.25, 0.3) is 0 Å². The maximum atomic E-state index is 4.57. The van der Waals surface area contributed by atoms with E-state index in [0.29, 0.717) is 0 Å². The van der Waals surface area contributed by atoms with E-state index < -0.39 is 0 Å². The summed E-state index contributed by atoms with van der Waals surface area (Å²) in [7, 11) is 4.04. The monoisotopic (exact) mass is 253 g/mol. The summed E-state index contributed by atoms with van der Waals surface area (Å²) in [6.45, 7) is 0. The van der Waals surface area contributed by atoms with Crippen molar-refractivity contribution in [2.75, 3.05) is 19.0 Å². The van der Waals surface area contributed by atoms with Crippen LogP contribution in [-0.2, 0) is 6.42 Å². The van der Waals surface area contributed by atoms with Crippen molar-refractivity contribution in [3.8, 4) is 11.3 Å². The average molecular weight is 253 g/mol. The van der Waals surface area contributed by atoms with Crippen LogP contribution < -0.4 is 4.90 Å². The lowest BCUT2D eigenvalue weighted by atomic mass is 9.98. The van der Waals surface area contributed by atoms with Crippen molar-refractivity contribution in [3.05, 3.63) is 47.9 Å². The van der Waals surface area contributed by atoms with Crippen LogP contribution >= 0.6 is 0 Å². The minimum Gasteiger partial charge on any atom is -0.376 e. The molecule has 0 unspecified atom stereocenters. The number of anilines is 1. The summed E-state index contributed by atoms with van der Waals surface area (Å²) < 4.78 is 0. The first-order valence-electron chi connectivity index (χ1n) is 6.52. The van der Waals surface area contributed by atoms with Crippen LogP contribution in [0.2, 0.25) is 0 Å². The molecule has 0 bridgehead atoms. The second-order valence-electron chi connectivity index (χ2n) is 5.04. The Morgan fingerprint density at radius 1 is 1.16 bits per heavy atom. The third kappa shape index (κ3) is 2.36. The quantitative estimate of drug-likeness (QED) is 0.821. The maximum Gasteiger partial charge on any atom is 0.0724 e. The van der Waals surface area contributed by atoms with Crippen molar-refractivity contribution in [2.45, 2.75) is 12.8 Å². The Labute approximate surface area is 115 Å². The molecule has 2 aromatic rings. The van der Waals surface area contributed by atoms with Gasteiger partial charge in [-0.3, -0.25) is 9.97 Å². The highest BCUT2D eigenvalue weighted by atomic mass is 15.1. The van der Waals surface area contributed by atoms with Gasteiger partial charge in [0.2, 0.25) is 0 Å². The van der Waals surface area contributed by atoms with Crippen molar-refractivity contribution in [3.63, 3.8) is 0 Å². The molecule has 98 valence electrons. The Hall–Kier alpha value is -2.16. The number of rotatable bonds is 2. The summed E-state index contributed by atoms with van der Waals surface area (Å²) in [4.78, 5) is 10.9. The molecule has 0 fully saturated rings. The number of pyridine rings is 2. The number of nitrogens with zero attached hydrogens (tertiary/aromatic N) is 3. The van der Waals surface area contributed by atoms with Gasteiger partial charge in [-0.25, -0.2) is 0 Å². The SMILES string of the molecule is CN(C)c1cncc(-c2cc3c(cn2)CCC=C3)c1.[HH]. The summed E-state index contributed by atoms with van der Waals surface area (Å²) >= 11 is 0. The molecule has 0 aliphatic heterocycles. The molecule has 0 amide bonds. The molecule has 0 atom stereocenters. The van der Waals surface area contributed by atoms with Gasteiger partial charge in [-0.2, -0.15) is 0 Å². The lowest BCUT2D eigenvalue weighted by Crippen LogP contribution is -2.08. The Bertz CT molecular complexity index is 635. The van der Waals surface area contributed by atoms with E-state index in [0.717, 1.165) is 29.8 Å². The molecular weight excluding hydrogens is 234 g/mol. The number of hydrogen-bond donors (Lipinski definition) is 0. The summed E-state index contributed by atoms with van der Waals surface area (Å²) in [5, 5.41) is 0. The Morgan fingerprint density at radius 2 is 2.05 bits per heavy atom. The minimum absolute atomic E-state index is 0. The van der Waals surface area contributed by atoms with E-state index in [2.05, 4.69) is 39.2 Å². The van der Waals surface area contributed by atoms with Crippen LogP contribution in [0.1, 0.15) is 19.0 Å². The molecule has 0 N–H and O–H groups in total. The molecule has 0 spiro atoms. The molecule has 2 heterocycles.